The van der Waals surface area contributed by atoms with Gasteiger partial charge in [-0.25, -0.2) is 4.98 Å². The van der Waals surface area contributed by atoms with Crippen molar-refractivity contribution in [2.45, 2.75) is 25.8 Å². The highest BCUT2D eigenvalue weighted by atomic mass is 32.1. The number of likely N-dealkylation sites (N-methyl/N-ethyl adjacent to an activating group) is 1. The summed E-state index contributed by atoms with van der Waals surface area (Å²) in [5.74, 6) is -0.0867. The second kappa shape index (κ2) is 8.30. The van der Waals surface area contributed by atoms with E-state index in [9.17, 15) is 14.4 Å². The Kier molecular flexibility index (Phi) is 5.85. The van der Waals surface area contributed by atoms with Gasteiger partial charge in [0.15, 0.2) is 5.13 Å². The number of carbonyl (C=O) groups is 3. The highest BCUT2D eigenvalue weighted by Gasteiger charge is 2.24. The number of aromatic nitrogens is 1. The molecule has 2 heterocycles. The molecule has 7 nitrogen and oxygen atoms in total. The van der Waals surface area contributed by atoms with Gasteiger partial charge in [-0.2, -0.15) is 0 Å². The van der Waals surface area contributed by atoms with Gasteiger partial charge < -0.3 is 10.2 Å². The molecule has 0 spiro atoms. The summed E-state index contributed by atoms with van der Waals surface area (Å²) in [6, 6.07) is 7.17. The van der Waals surface area contributed by atoms with Crippen LogP contribution in [0, 0.1) is 0 Å². The second-order valence-electron chi connectivity index (χ2n) is 6.47. The van der Waals surface area contributed by atoms with E-state index in [1.165, 1.54) is 11.3 Å². The predicted molar refractivity (Wildman–Crippen MR) is 104 cm³/mol. The number of anilines is 1. The Labute approximate surface area is 162 Å². The van der Waals surface area contributed by atoms with Gasteiger partial charge in [-0.3, -0.25) is 19.3 Å². The number of hydrogen-bond donors (Lipinski definition) is 1. The van der Waals surface area contributed by atoms with Crippen molar-refractivity contribution in [2.24, 2.45) is 0 Å². The van der Waals surface area contributed by atoms with Gasteiger partial charge >= 0.3 is 0 Å². The standard InChI is InChI=1S/C19H22N4O3S/c1-20-18(26)14-7-5-13(6-8-14)11-22(2)17(25)10-15-12-27-19(21-15)23-9-3-4-16(23)24/h5-8,12H,3-4,9-11H2,1-2H3,(H,20,26). The summed E-state index contributed by atoms with van der Waals surface area (Å²) < 4.78 is 0. The molecular weight excluding hydrogens is 364 g/mol. The summed E-state index contributed by atoms with van der Waals surface area (Å²) in [6.45, 7) is 1.15. The van der Waals surface area contributed by atoms with Gasteiger partial charge in [-0.1, -0.05) is 12.1 Å². The van der Waals surface area contributed by atoms with Gasteiger partial charge in [0.2, 0.25) is 11.8 Å². The minimum atomic E-state index is -0.137. The molecule has 1 aromatic heterocycles. The molecule has 0 saturated carbocycles. The third-order valence-electron chi connectivity index (χ3n) is 4.46. The van der Waals surface area contributed by atoms with Crippen LogP contribution in [0.5, 0.6) is 0 Å². The Balaban J connectivity index is 1.57. The van der Waals surface area contributed by atoms with E-state index >= 15 is 0 Å². The fourth-order valence-electron chi connectivity index (χ4n) is 2.91. The number of carbonyl (C=O) groups excluding carboxylic acids is 3. The van der Waals surface area contributed by atoms with Crippen LogP contribution in [0.3, 0.4) is 0 Å². The molecule has 1 aliphatic rings. The monoisotopic (exact) mass is 386 g/mol. The molecule has 1 fully saturated rings. The number of rotatable bonds is 6. The fourth-order valence-corrected chi connectivity index (χ4v) is 3.78. The first-order valence-electron chi connectivity index (χ1n) is 8.77. The van der Waals surface area contributed by atoms with E-state index in [0.29, 0.717) is 35.9 Å². The fraction of sp³-hybridized carbons (Fsp3) is 0.368. The first kappa shape index (κ1) is 19.0. The molecule has 1 aliphatic heterocycles. The van der Waals surface area contributed by atoms with Gasteiger partial charge in [0.05, 0.1) is 12.1 Å². The van der Waals surface area contributed by atoms with Crippen LogP contribution in [-0.2, 0) is 22.6 Å². The number of nitrogens with zero attached hydrogens (tertiary/aromatic N) is 3. The van der Waals surface area contributed by atoms with Crippen molar-refractivity contribution >= 4 is 34.2 Å². The maximum Gasteiger partial charge on any atom is 0.251 e. The first-order chi connectivity index (χ1) is 13.0. The third-order valence-corrected chi connectivity index (χ3v) is 5.38. The van der Waals surface area contributed by atoms with Crippen LogP contribution in [0.4, 0.5) is 5.13 Å². The van der Waals surface area contributed by atoms with Crippen LogP contribution in [0.25, 0.3) is 0 Å². The summed E-state index contributed by atoms with van der Waals surface area (Å²) >= 11 is 1.40. The lowest BCUT2D eigenvalue weighted by molar-refractivity contribution is -0.129. The van der Waals surface area contributed by atoms with E-state index in [4.69, 9.17) is 0 Å². The van der Waals surface area contributed by atoms with E-state index in [0.717, 1.165) is 12.0 Å². The van der Waals surface area contributed by atoms with Crippen LogP contribution in [-0.4, -0.2) is 48.2 Å². The molecule has 0 atom stereocenters. The Bertz CT molecular complexity index is 847. The maximum atomic E-state index is 12.5. The largest absolute Gasteiger partial charge is 0.355 e. The summed E-state index contributed by atoms with van der Waals surface area (Å²) in [5, 5.41) is 5.09. The van der Waals surface area contributed by atoms with Crippen molar-refractivity contribution in [1.82, 2.24) is 15.2 Å². The second-order valence-corrected chi connectivity index (χ2v) is 7.31. The molecule has 142 valence electrons. The molecule has 8 heteroatoms. The molecule has 0 bridgehead atoms. The minimum Gasteiger partial charge on any atom is -0.355 e. The molecule has 1 saturated heterocycles. The van der Waals surface area contributed by atoms with Gasteiger partial charge in [-0.05, 0) is 24.1 Å². The van der Waals surface area contributed by atoms with E-state index in [-0.39, 0.29) is 24.1 Å². The SMILES string of the molecule is CNC(=O)c1ccc(CN(C)C(=O)Cc2csc(N3CCCC3=O)n2)cc1. The van der Waals surface area contributed by atoms with Crippen LogP contribution < -0.4 is 10.2 Å². The topological polar surface area (TPSA) is 82.6 Å². The van der Waals surface area contributed by atoms with Gasteiger partial charge in [0.25, 0.3) is 5.91 Å². The quantitative estimate of drug-likeness (QED) is 0.821. The Hall–Kier alpha value is -2.74. The molecule has 3 amide bonds. The zero-order chi connectivity index (χ0) is 19.4. The smallest absolute Gasteiger partial charge is 0.251 e. The number of thiazole rings is 1. The zero-order valence-electron chi connectivity index (χ0n) is 15.4. The molecule has 1 N–H and O–H groups in total. The maximum absolute atomic E-state index is 12.5. The van der Waals surface area contributed by atoms with Crippen LogP contribution in [0.1, 0.15) is 34.5 Å². The molecule has 0 unspecified atom stereocenters. The lowest BCUT2D eigenvalue weighted by atomic mass is 10.1. The predicted octanol–water partition coefficient (Wildman–Crippen LogP) is 1.83. The molecule has 27 heavy (non-hydrogen) atoms. The number of amides is 3. The Morgan fingerprint density at radius 1 is 1.30 bits per heavy atom. The van der Waals surface area contributed by atoms with Crippen LogP contribution >= 0.6 is 11.3 Å². The minimum absolute atomic E-state index is 0.0463. The number of hydrogen-bond acceptors (Lipinski definition) is 5. The molecule has 0 radical (unpaired) electrons. The average molecular weight is 386 g/mol. The number of benzene rings is 1. The molecule has 3 rings (SSSR count). The van der Waals surface area contributed by atoms with Crippen LogP contribution in [0.2, 0.25) is 0 Å². The Morgan fingerprint density at radius 2 is 2.04 bits per heavy atom. The number of nitrogens with one attached hydrogen (secondary N) is 1. The third kappa shape index (κ3) is 4.51. The van der Waals surface area contributed by atoms with E-state index in [2.05, 4.69) is 10.3 Å². The highest BCUT2D eigenvalue weighted by Crippen LogP contribution is 2.25. The van der Waals surface area contributed by atoms with Crippen molar-refractivity contribution in [3.05, 3.63) is 46.5 Å². The molecule has 1 aromatic carbocycles. The molecular formula is C19H22N4O3S. The molecule has 2 aromatic rings. The summed E-state index contributed by atoms with van der Waals surface area (Å²) in [4.78, 5) is 43.6. The van der Waals surface area contributed by atoms with Gasteiger partial charge in [0.1, 0.15) is 0 Å². The van der Waals surface area contributed by atoms with Crippen molar-refractivity contribution in [1.29, 1.82) is 0 Å². The van der Waals surface area contributed by atoms with E-state index in [1.807, 2.05) is 17.5 Å². The van der Waals surface area contributed by atoms with Gasteiger partial charge in [-0.15, -0.1) is 11.3 Å². The van der Waals surface area contributed by atoms with Crippen LogP contribution in [0.15, 0.2) is 29.6 Å². The highest BCUT2D eigenvalue weighted by molar-refractivity contribution is 7.14. The van der Waals surface area contributed by atoms with Crippen molar-refractivity contribution in [2.75, 3.05) is 25.5 Å². The van der Waals surface area contributed by atoms with Crippen molar-refractivity contribution in [3.63, 3.8) is 0 Å². The lowest BCUT2D eigenvalue weighted by Crippen LogP contribution is -2.28. The van der Waals surface area contributed by atoms with E-state index < -0.39 is 0 Å². The zero-order valence-corrected chi connectivity index (χ0v) is 16.2. The van der Waals surface area contributed by atoms with Crippen molar-refractivity contribution in [3.8, 4) is 0 Å². The Morgan fingerprint density at radius 3 is 2.67 bits per heavy atom. The molecule has 0 aliphatic carbocycles. The normalized spacial score (nSPS) is 13.7. The summed E-state index contributed by atoms with van der Waals surface area (Å²) in [6.07, 6.45) is 1.62. The van der Waals surface area contributed by atoms with E-state index in [1.54, 1.807) is 36.0 Å². The first-order valence-corrected chi connectivity index (χ1v) is 9.65. The van der Waals surface area contributed by atoms with Crippen molar-refractivity contribution < 1.29 is 14.4 Å². The summed E-state index contributed by atoms with van der Waals surface area (Å²) in [5.41, 5.74) is 2.21. The average Bonchev–Trinajstić information content (AvgIpc) is 3.30. The van der Waals surface area contributed by atoms with Gasteiger partial charge in [0, 0.05) is 44.5 Å². The summed E-state index contributed by atoms with van der Waals surface area (Å²) in [7, 11) is 3.33. The lowest BCUT2D eigenvalue weighted by Gasteiger charge is -2.17.